The lowest BCUT2D eigenvalue weighted by molar-refractivity contribution is 0.0703. The fourth-order valence-corrected chi connectivity index (χ4v) is 8.78. The third kappa shape index (κ3) is 4.68. The van der Waals surface area contributed by atoms with Crippen LogP contribution in [-0.4, -0.2) is 28.8 Å². The highest BCUT2D eigenvalue weighted by atomic mass is 32.1. The molecule has 0 aliphatic rings. The van der Waals surface area contributed by atoms with E-state index in [9.17, 15) is 14.5 Å². The molecule has 3 heterocycles. The highest BCUT2D eigenvalue weighted by Gasteiger charge is 2.35. The molecule has 1 atom stereocenters. The molecule has 1 unspecified atom stereocenters. The van der Waals surface area contributed by atoms with Gasteiger partial charge < -0.3 is 14.2 Å². The molecule has 0 aliphatic carbocycles. The summed E-state index contributed by atoms with van der Waals surface area (Å²) in [6.07, 6.45) is 1.73. The summed E-state index contributed by atoms with van der Waals surface area (Å²) >= 11 is 1.19. The van der Waals surface area contributed by atoms with Gasteiger partial charge in [-0.1, -0.05) is 42.0 Å². The minimum Gasteiger partial charge on any atom is -0.477 e. The molecular weight excluding hydrogens is 515 g/mol. The summed E-state index contributed by atoms with van der Waals surface area (Å²) in [6, 6.07) is 21.0. The molecule has 3 aromatic heterocycles. The number of thiophene rings is 1. The maximum absolute atomic E-state index is 14.4. The van der Waals surface area contributed by atoms with Crippen LogP contribution < -0.4 is 9.97 Å². The Morgan fingerprint density at radius 3 is 2.37 bits per heavy atom. The number of aryl methyl sites for hydroxylation is 2. The minimum atomic E-state index is -3.14. The Kier molecular flexibility index (Phi) is 6.76. The molecule has 2 aromatic carbocycles. The van der Waals surface area contributed by atoms with Gasteiger partial charge in [0.25, 0.3) is 0 Å². The van der Waals surface area contributed by atoms with Crippen LogP contribution in [0.25, 0.3) is 32.9 Å². The molecule has 0 aliphatic heterocycles. The minimum absolute atomic E-state index is 0.174. The van der Waals surface area contributed by atoms with Crippen molar-refractivity contribution >= 4 is 46.7 Å². The van der Waals surface area contributed by atoms with Crippen LogP contribution in [0.4, 0.5) is 5.69 Å². The first kappa shape index (κ1) is 26.0. The maximum atomic E-state index is 14.4. The number of aromatic carboxylic acids is 1. The van der Waals surface area contributed by atoms with Crippen LogP contribution in [0.15, 0.2) is 77.3 Å². The van der Waals surface area contributed by atoms with Crippen molar-refractivity contribution in [2.24, 2.45) is 0 Å². The van der Waals surface area contributed by atoms with Crippen LogP contribution in [0.3, 0.4) is 0 Å². The van der Waals surface area contributed by atoms with Crippen molar-refractivity contribution in [1.82, 2.24) is 4.98 Å². The number of carbonyl (C=O) groups is 1. The van der Waals surface area contributed by atoms with Gasteiger partial charge in [-0.05, 0) is 63.1 Å². The number of furan rings is 1. The molecule has 0 saturated heterocycles. The first-order valence-corrected chi connectivity index (χ1v) is 15.3. The van der Waals surface area contributed by atoms with E-state index < -0.39 is 13.3 Å². The van der Waals surface area contributed by atoms with Gasteiger partial charge in [0.15, 0.2) is 12.9 Å². The average molecular weight is 545 g/mol. The molecule has 0 fully saturated rings. The summed E-state index contributed by atoms with van der Waals surface area (Å²) in [7, 11) is -3.14. The van der Waals surface area contributed by atoms with E-state index >= 15 is 0 Å². The quantitative estimate of drug-likeness (QED) is 0.209. The van der Waals surface area contributed by atoms with Crippen LogP contribution in [0, 0.1) is 13.8 Å². The Morgan fingerprint density at radius 2 is 1.74 bits per heavy atom. The third-order valence-corrected chi connectivity index (χ3v) is 10.7. The highest BCUT2D eigenvalue weighted by Crippen LogP contribution is 2.53. The van der Waals surface area contributed by atoms with Gasteiger partial charge in [0.1, 0.15) is 16.2 Å². The van der Waals surface area contributed by atoms with Gasteiger partial charge in [-0.15, -0.1) is 11.3 Å². The Hall–Kier alpha value is -3.67. The zero-order chi connectivity index (χ0) is 27.2. The zero-order valence-electron chi connectivity index (χ0n) is 21.9. The van der Waals surface area contributed by atoms with Crippen LogP contribution in [0.5, 0.6) is 0 Å². The van der Waals surface area contributed by atoms with E-state index in [-0.39, 0.29) is 10.9 Å². The molecule has 0 amide bonds. The molecule has 0 bridgehead atoms. The Morgan fingerprint density at radius 1 is 1.03 bits per heavy atom. The fourth-order valence-electron chi connectivity index (χ4n) is 4.97. The van der Waals surface area contributed by atoms with Crippen molar-refractivity contribution in [3.05, 3.63) is 88.9 Å². The van der Waals surface area contributed by atoms with Crippen LogP contribution in [-0.2, 0) is 4.57 Å². The number of rotatable bonds is 7. The van der Waals surface area contributed by atoms with Crippen LogP contribution >= 0.6 is 18.6 Å². The van der Waals surface area contributed by atoms with E-state index in [0.29, 0.717) is 5.69 Å². The van der Waals surface area contributed by atoms with Crippen molar-refractivity contribution in [3.8, 4) is 21.8 Å². The lowest BCUT2D eigenvalue weighted by atomic mass is 10.1. The molecule has 6 nitrogen and oxygen atoms in total. The van der Waals surface area contributed by atoms with Crippen molar-refractivity contribution in [2.45, 2.75) is 33.7 Å². The first-order chi connectivity index (χ1) is 18.1. The molecule has 5 aromatic rings. The first-order valence-electron chi connectivity index (χ1n) is 12.3. The number of fused-ring (bicyclic) bond motifs is 1. The van der Waals surface area contributed by atoms with Crippen LogP contribution in [0.2, 0.25) is 0 Å². The van der Waals surface area contributed by atoms with E-state index in [1.54, 1.807) is 17.5 Å². The van der Waals surface area contributed by atoms with Crippen molar-refractivity contribution in [3.63, 3.8) is 0 Å². The van der Waals surface area contributed by atoms with Crippen molar-refractivity contribution < 1.29 is 18.9 Å². The number of carboxylic acid groups (broad SMARTS) is 1. The number of aromatic nitrogens is 1. The molecule has 38 heavy (non-hydrogen) atoms. The normalized spacial score (nSPS) is 13.1. The van der Waals surface area contributed by atoms with Crippen LogP contribution in [0.1, 0.15) is 34.6 Å². The second kappa shape index (κ2) is 9.90. The number of benzene rings is 2. The van der Waals surface area contributed by atoms with Gasteiger partial charge in [0.05, 0.1) is 5.69 Å². The average Bonchev–Trinajstić information content (AvgIpc) is 3.48. The number of pyridine rings is 1. The summed E-state index contributed by atoms with van der Waals surface area (Å²) in [5.74, 6) is -0.316. The van der Waals surface area contributed by atoms with Gasteiger partial charge in [-0.3, -0.25) is 9.55 Å². The lowest BCUT2D eigenvalue weighted by Crippen LogP contribution is -2.33. The van der Waals surface area contributed by atoms with Gasteiger partial charge in [-0.2, -0.15) is 0 Å². The molecule has 194 valence electrons. The van der Waals surface area contributed by atoms with E-state index in [1.807, 2.05) is 94.4 Å². The van der Waals surface area contributed by atoms with Crippen molar-refractivity contribution in [2.75, 3.05) is 11.3 Å². The SMILES string of the molecule is Cc1ccc(P(C)(=O)N(c2cc(-c3ccc(-c4cc5ncccc5o4)cc3)sc2C(=O)O)C(C)C)c(C)c1. The standard InChI is InChI=1S/C30H29N2O4PS/c1-18(2)32(37(5,35)27-13-8-19(3)15-20(27)4)24-17-28(38-29(24)30(33)34)22-11-9-21(10-12-22)26-16-23-25(36-26)7-6-14-31-23/h6-18H,1-5H3,(H,33,34). The summed E-state index contributed by atoms with van der Waals surface area (Å²) in [5, 5.41) is 10.9. The predicted octanol–water partition coefficient (Wildman–Crippen LogP) is 7.99. The monoisotopic (exact) mass is 544 g/mol. The second-order valence-corrected chi connectivity index (χ2v) is 13.5. The van der Waals surface area contributed by atoms with E-state index in [1.165, 1.54) is 11.3 Å². The Labute approximate surface area is 226 Å². The third-order valence-electron chi connectivity index (χ3n) is 6.59. The Bertz CT molecular complexity index is 1670. The molecule has 0 radical (unpaired) electrons. The Balaban J connectivity index is 1.55. The molecule has 5 rings (SSSR count). The number of anilines is 1. The molecule has 0 saturated carbocycles. The summed E-state index contributed by atoms with van der Waals surface area (Å²) < 4.78 is 22.1. The number of hydrogen-bond acceptors (Lipinski definition) is 5. The van der Waals surface area contributed by atoms with E-state index in [2.05, 4.69) is 4.98 Å². The zero-order valence-corrected chi connectivity index (χ0v) is 23.6. The van der Waals surface area contributed by atoms with Gasteiger partial charge in [0.2, 0.25) is 0 Å². The molecule has 8 heteroatoms. The lowest BCUT2D eigenvalue weighted by Gasteiger charge is -2.35. The van der Waals surface area contributed by atoms with E-state index in [4.69, 9.17) is 4.42 Å². The summed E-state index contributed by atoms with van der Waals surface area (Å²) in [4.78, 5) is 17.7. The smallest absolute Gasteiger partial charge is 0.348 e. The number of carboxylic acids is 1. The summed E-state index contributed by atoms with van der Waals surface area (Å²) in [5.41, 5.74) is 5.80. The van der Waals surface area contributed by atoms with Gasteiger partial charge in [0, 0.05) is 40.7 Å². The van der Waals surface area contributed by atoms with Crippen molar-refractivity contribution in [1.29, 1.82) is 0 Å². The predicted molar refractivity (Wildman–Crippen MR) is 156 cm³/mol. The van der Waals surface area contributed by atoms with E-state index in [0.717, 1.165) is 49.3 Å². The molecule has 1 N–H and O–H groups in total. The van der Waals surface area contributed by atoms with Gasteiger partial charge >= 0.3 is 5.97 Å². The largest absolute Gasteiger partial charge is 0.477 e. The summed E-state index contributed by atoms with van der Waals surface area (Å²) in [6.45, 7) is 9.57. The second-order valence-electron chi connectivity index (χ2n) is 9.81. The maximum Gasteiger partial charge on any atom is 0.348 e. The number of hydrogen-bond donors (Lipinski definition) is 1. The topological polar surface area (TPSA) is 83.6 Å². The van der Waals surface area contributed by atoms with Gasteiger partial charge in [-0.25, -0.2) is 4.79 Å². The molecular formula is C30H29N2O4PS. The number of nitrogens with zero attached hydrogens (tertiary/aromatic N) is 2. The fraction of sp³-hybridized carbons (Fsp3) is 0.200. The highest BCUT2D eigenvalue weighted by molar-refractivity contribution is 7.72. The molecule has 0 spiro atoms.